The second kappa shape index (κ2) is 14.5. The summed E-state index contributed by atoms with van der Waals surface area (Å²) in [6.45, 7) is 8.66. The summed E-state index contributed by atoms with van der Waals surface area (Å²) in [6, 6.07) is 33.7. The number of ether oxygens (including phenoxy) is 3. The van der Waals surface area contributed by atoms with Crippen molar-refractivity contribution in [2.24, 2.45) is 5.73 Å². The van der Waals surface area contributed by atoms with Crippen LogP contribution in [0.5, 0.6) is 17.2 Å². The Morgan fingerprint density at radius 3 is 2.33 bits per heavy atom. The zero-order valence-corrected chi connectivity index (χ0v) is 26.2. The molecule has 1 aliphatic rings. The van der Waals surface area contributed by atoms with Crippen LogP contribution in [0.25, 0.3) is 22.6 Å². The third kappa shape index (κ3) is 7.22. The average molecular weight is 603 g/mol. The molecule has 7 nitrogen and oxygen atoms in total. The van der Waals surface area contributed by atoms with E-state index in [9.17, 15) is 0 Å². The Kier molecular flexibility index (Phi) is 9.78. The Morgan fingerprint density at radius 2 is 1.53 bits per heavy atom. The fraction of sp³-hybridized carbons (Fsp3) is 0.289. The van der Waals surface area contributed by atoms with Crippen molar-refractivity contribution in [1.82, 2.24) is 14.5 Å². The first-order valence-electron chi connectivity index (χ1n) is 15.9. The summed E-state index contributed by atoms with van der Waals surface area (Å²) in [7, 11) is 0. The SMILES string of the molecule is CCCCn1c(-c2ccccc2)nc(-c2cccc(CN)c2)c1CN(Cc1cccc(OCC)c1)Cc1ccc2c(c1)OCO2. The van der Waals surface area contributed by atoms with Gasteiger partial charge in [-0.1, -0.05) is 80.1 Å². The molecule has 0 saturated carbocycles. The number of rotatable bonds is 14. The Hall–Kier alpha value is -4.59. The lowest BCUT2D eigenvalue weighted by Gasteiger charge is -2.25. The molecular formula is C38H42N4O3. The van der Waals surface area contributed by atoms with E-state index in [1.54, 1.807) is 0 Å². The predicted molar refractivity (Wildman–Crippen MR) is 179 cm³/mol. The second-order valence-electron chi connectivity index (χ2n) is 11.4. The fourth-order valence-electron chi connectivity index (χ4n) is 5.92. The van der Waals surface area contributed by atoms with Gasteiger partial charge in [-0.3, -0.25) is 4.90 Å². The second-order valence-corrected chi connectivity index (χ2v) is 11.4. The molecule has 0 bridgehead atoms. The van der Waals surface area contributed by atoms with E-state index in [1.165, 1.54) is 11.3 Å². The standard InChI is InChI=1S/C38H42N4O3/c1-3-5-19-42-34(37(32-15-9-11-28(20-32)23-39)40-38(42)31-13-7-6-8-14-31)26-41(24-29-12-10-16-33(21-29)43-4-2)25-30-17-18-35-36(22-30)45-27-44-35/h6-18,20-22H,3-5,19,23-27,39H2,1-2H3. The summed E-state index contributed by atoms with van der Waals surface area (Å²) in [5.74, 6) is 3.47. The molecule has 0 aliphatic carbocycles. The van der Waals surface area contributed by atoms with Crippen LogP contribution in [0.4, 0.5) is 0 Å². The normalized spacial score (nSPS) is 12.2. The molecule has 0 spiro atoms. The number of hydrogen-bond donors (Lipinski definition) is 1. The summed E-state index contributed by atoms with van der Waals surface area (Å²) >= 11 is 0. The van der Waals surface area contributed by atoms with Crippen LogP contribution in [-0.2, 0) is 32.7 Å². The summed E-state index contributed by atoms with van der Waals surface area (Å²) < 4.78 is 19.6. The van der Waals surface area contributed by atoms with Crippen LogP contribution in [0.1, 0.15) is 49.1 Å². The number of imidazole rings is 1. The molecule has 1 aliphatic heterocycles. The van der Waals surface area contributed by atoms with Crippen LogP contribution in [-0.4, -0.2) is 27.9 Å². The molecule has 2 N–H and O–H groups in total. The van der Waals surface area contributed by atoms with Gasteiger partial charge in [-0.15, -0.1) is 0 Å². The molecule has 0 atom stereocenters. The third-order valence-corrected chi connectivity index (χ3v) is 8.11. The first-order valence-corrected chi connectivity index (χ1v) is 15.9. The van der Waals surface area contributed by atoms with Crippen molar-refractivity contribution in [1.29, 1.82) is 0 Å². The van der Waals surface area contributed by atoms with Crippen LogP contribution >= 0.6 is 0 Å². The van der Waals surface area contributed by atoms with Crippen molar-refractivity contribution in [3.05, 3.63) is 119 Å². The third-order valence-electron chi connectivity index (χ3n) is 8.11. The Morgan fingerprint density at radius 1 is 0.778 bits per heavy atom. The Labute approximate surface area is 266 Å². The van der Waals surface area contributed by atoms with E-state index >= 15 is 0 Å². The van der Waals surface area contributed by atoms with Gasteiger partial charge in [-0.05, 0) is 60.4 Å². The molecule has 0 amide bonds. The van der Waals surface area contributed by atoms with Crippen molar-refractivity contribution in [3.63, 3.8) is 0 Å². The van der Waals surface area contributed by atoms with Crippen LogP contribution in [0.3, 0.4) is 0 Å². The van der Waals surface area contributed by atoms with Crippen LogP contribution in [0, 0.1) is 0 Å². The number of nitrogens with zero attached hydrogens (tertiary/aromatic N) is 3. The maximum atomic E-state index is 6.09. The van der Waals surface area contributed by atoms with E-state index < -0.39 is 0 Å². The number of hydrogen-bond acceptors (Lipinski definition) is 6. The van der Waals surface area contributed by atoms with Gasteiger partial charge in [0.25, 0.3) is 0 Å². The molecule has 5 aromatic rings. The molecule has 4 aromatic carbocycles. The van der Waals surface area contributed by atoms with Gasteiger partial charge in [0, 0.05) is 43.9 Å². The van der Waals surface area contributed by atoms with Gasteiger partial charge in [0.2, 0.25) is 6.79 Å². The molecule has 0 fully saturated rings. The van der Waals surface area contributed by atoms with Gasteiger partial charge in [-0.2, -0.15) is 0 Å². The zero-order chi connectivity index (χ0) is 31.0. The first-order chi connectivity index (χ1) is 22.1. The lowest BCUT2D eigenvalue weighted by Crippen LogP contribution is -2.24. The molecule has 1 aromatic heterocycles. The molecule has 0 unspecified atom stereocenters. The number of aromatic nitrogens is 2. The summed E-state index contributed by atoms with van der Waals surface area (Å²) in [5, 5.41) is 0. The van der Waals surface area contributed by atoms with Gasteiger partial charge in [0.1, 0.15) is 11.6 Å². The summed E-state index contributed by atoms with van der Waals surface area (Å²) in [5.41, 5.74) is 13.9. The van der Waals surface area contributed by atoms with E-state index in [4.69, 9.17) is 24.9 Å². The van der Waals surface area contributed by atoms with Crippen LogP contribution in [0.2, 0.25) is 0 Å². The summed E-state index contributed by atoms with van der Waals surface area (Å²) in [4.78, 5) is 7.85. The van der Waals surface area contributed by atoms with Crippen molar-refractivity contribution in [3.8, 4) is 39.9 Å². The van der Waals surface area contributed by atoms with E-state index in [0.717, 1.165) is 83.5 Å². The van der Waals surface area contributed by atoms with Gasteiger partial charge in [-0.25, -0.2) is 4.98 Å². The number of nitrogens with two attached hydrogens (primary N) is 1. The van der Waals surface area contributed by atoms with Crippen molar-refractivity contribution < 1.29 is 14.2 Å². The minimum Gasteiger partial charge on any atom is -0.494 e. The van der Waals surface area contributed by atoms with E-state index in [1.807, 2.05) is 19.1 Å². The highest BCUT2D eigenvalue weighted by Crippen LogP contribution is 2.35. The van der Waals surface area contributed by atoms with E-state index in [-0.39, 0.29) is 6.79 Å². The number of fused-ring (bicyclic) bond motifs is 1. The van der Waals surface area contributed by atoms with Crippen molar-refractivity contribution in [2.45, 2.75) is 59.4 Å². The Bertz CT molecular complexity index is 1720. The monoisotopic (exact) mass is 602 g/mol. The highest BCUT2D eigenvalue weighted by molar-refractivity contribution is 5.69. The highest BCUT2D eigenvalue weighted by Gasteiger charge is 2.23. The van der Waals surface area contributed by atoms with Gasteiger partial charge < -0.3 is 24.5 Å². The quantitative estimate of drug-likeness (QED) is 0.140. The highest BCUT2D eigenvalue weighted by atomic mass is 16.7. The molecule has 45 heavy (non-hydrogen) atoms. The average Bonchev–Trinajstić information content (AvgIpc) is 3.69. The minimum atomic E-state index is 0.261. The Balaban J connectivity index is 1.45. The molecule has 7 heteroatoms. The van der Waals surface area contributed by atoms with Crippen molar-refractivity contribution in [2.75, 3.05) is 13.4 Å². The maximum Gasteiger partial charge on any atom is 0.231 e. The fourth-order valence-corrected chi connectivity index (χ4v) is 5.92. The molecule has 0 radical (unpaired) electrons. The summed E-state index contributed by atoms with van der Waals surface area (Å²) in [6.07, 6.45) is 2.15. The smallest absolute Gasteiger partial charge is 0.231 e. The van der Waals surface area contributed by atoms with Gasteiger partial charge in [0.05, 0.1) is 18.0 Å². The van der Waals surface area contributed by atoms with E-state index in [0.29, 0.717) is 19.7 Å². The molecule has 2 heterocycles. The van der Waals surface area contributed by atoms with Crippen LogP contribution in [0.15, 0.2) is 97.1 Å². The molecular weight excluding hydrogens is 560 g/mol. The molecule has 6 rings (SSSR count). The van der Waals surface area contributed by atoms with E-state index in [2.05, 4.69) is 101 Å². The minimum absolute atomic E-state index is 0.261. The van der Waals surface area contributed by atoms with Gasteiger partial charge >= 0.3 is 0 Å². The number of unbranched alkanes of at least 4 members (excludes halogenated alkanes) is 1. The number of benzene rings is 4. The molecule has 0 saturated heterocycles. The van der Waals surface area contributed by atoms with Gasteiger partial charge in [0.15, 0.2) is 11.5 Å². The topological polar surface area (TPSA) is 74.8 Å². The lowest BCUT2D eigenvalue weighted by molar-refractivity contribution is 0.174. The van der Waals surface area contributed by atoms with Crippen LogP contribution < -0.4 is 19.9 Å². The largest absolute Gasteiger partial charge is 0.494 e. The zero-order valence-electron chi connectivity index (χ0n) is 26.2. The first kappa shape index (κ1) is 30.4. The lowest BCUT2D eigenvalue weighted by atomic mass is 10.1. The van der Waals surface area contributed by atoms with Crippen molar-refractivity contribution >= 4 is 0 Å². The predicted octanol–water partition coefficient (Wildman–Crippen LogP) is 7.81. The molecule has 232 valence electrons. The maximum absolute atomic E-state index is 6.09.